The molecule has 0 unspecified atom stereocenters. The van der Waals surface area contributed by atoms with E-state index in [1.165, 1.54) is 21.9 Å². The Bertz CT molecular complexity index is 665. The molecule has 1 aliphatic heterocycles. The zero-order chi connectivity index (χ0) is 14.0. The minimum absolute atomic E-state index is 0.224. The first-order chi connectivity index (χ1) is 8.78. The van der Waals surface area contributed by atoms with E-state index in [1.807, 2.05) is 0 Å². The molecule has 0 aliphatic carbocycles. The topological polar surface area (TPSA) is 0 Å². The molecule has 0 saturated heterocycles. The average molecular weight is 250 g/mol. The van der Waals surface area contributed by atoms with Gasteiger partial charge in [0.25, 0.3) is 0 Å². The van der Waals surface area contributed by atoms with E-state index in [0.29, 0.717) is 6.71 Å². The monoisotopic (exact) mass is 250 g/mol. The Morgan fingerprint density at radius 1 is 0.895 bits per heavy atom. The Labute approximate surface area is 117 Å². The largest absolute Gasteiger partial charge is 0.159 e. The second kappa shape index (κ2) is 3.65. The summed E-state index contributed by atoms with van der Waals surface area (Å²) >= 11 is 0. The number of benzene rings is 2. The number of hydrogen-bond acceptors (Lipinski definition) is 0. The van der Waals surface area contributed by atoms with Gasteiger partial charge in [-0.25, -0.2) is 0 Å². The fourth-order valence-corrected chi connectivity index (χ4v) is 4.20. The maximum absolute atomic E-state index is 2.41. The molecular formula is C18H23B. The van der Waals surface area contributed by atoms with Crippen molar-refractivity contribution in [3.63, 3.8) is 0 Å². The molecule has 1 aliphatic rings. The van der Waals surface area contributed by atoms with Gasteiger partial charge in [0.05, 0.1) is 0 Å². The van der Waals surface area contributed by atoms with Gasteiger partial charge in [0.15, 0.2) is 6.71 Å². The maximum Gasteiger partial charge on any atom is 0.159 e. The molecule has 0 N–H and O–H groups in total. The average Bonchev–Trinajstić information content (AvgIpc) is 2.35. The van der Waals surface area contributed by atoms with E-state index >= 15 is 0 Å². The summed E-state index contributed by atoms with van der Waals surface area (Å²) in [4.78, 5) is 0. The minimum Gasteiger partial charge on any atom is -0.0846 e. The second-order valence-corrected chi connectivity index (χ2v) is 7.33. The van der Waals surface area contributed by atoms with E-state index in [4.69, 9.17) is 0 Å². The van der Waals surface area contributed by atoms with Crippen LogP contribution in [0.1, 0.15) is 44.4 Å². The molecule has 0 atom stereocenters. The molecule has 1 heteroatoms. The molecule has 0 saturated carbocycles. The van der Waals surface area contributed by atoms with Crippen molar-refractivity contribution in [1.82, 2.24) is 0 Å². The van der Waals surface area contributed by atoms with Crippen LogP contribution in [0.2, 0.25) is 6.82 Å². The predicted molar refractivity (Wildman–Crippen MR) is 86.4 cm³/mol. The van der Waals surface area contributed by atoms with Crippen LogP contribution in [-0.2, 0) is 10.6 Å². The number of rotatable bonds is 0. The van der Waals surface area contributed by atoms with E-state index in [0.717, 1.165) is 0 Å². The molecule has 0 nitrogen and oxygen atoms in total. The summed E-state index contributed by atoms with van der Waals surface area (Å²) in [6, 6.07) is 11.4. The van der Waals surface area contributed by atoms with Gasteiger partial charge < -0.3 is 0 Å². The lowest BCUT2D eigenvalue weighted by atomic mass is 9.20. The van der Waals surface area contributed by atoms with Crippen LogP contribution in [0.15, 0.2) is 30.3 Å². The summed E-state index contributed by atoms with van der Waals surface area (Å²) in [5.74, 6) is 0. The third-order valence-corrected chi connectivity index (χ3v) is 5.76. The van der Waals surface area contributed by atoms with E-state index < -0.39 is 0 Å². The molecule has 3 rings (SSSR count). The van der Waals surface area contributed by atoms with Crippen molar-refractivity contribution < 1.29 is 0 Å². The van der Waals surface area contributed by atoms with Crippen molar-refractivity contribution in [2.24, 2.45) is 0 Å². The van der Waals surface area contributed by atoms with Crippen LogP contribution in [0.4, 0.5) is 0 Å². The minimum atomic E-state index is 0.224. The van der Waals surface area contributed by atoms with Crippen LogP contribution >= 0.6 is 0 Å². The third kappa shape index (κ3) is 1.48. The van der Waals surface area contributed by atoms with Crippen molar-refractivity contribution in [3.05, 3.63) is 47.0 Å². The molecule has 19 heavy (non-hydrogen) atoms. The van der Waals surface area contributed by atoms with Gasteiger partial charge in [-0.15, -0.1) is 0 Å². The lowest BCUT2D eigenvalue weighted by molar-refractivity contribution is 0.627. The zero-order valence-corrected chi connectivity index (χ0v) is 13.0. The zero-order valence-electron chi connectivity index (χ0n) is 13.0. The van der Waals surface area contributed by atoms with Crippen LogP contribution in [-0.4, -0.2) is 6.71 Å². The number of aryl methyl sites for hydroxylation is 1. The van der Waals surface area contributed by atoms with Gasteiger partial charge in [0, 0.05) is 0 Å². The Kier molecular flexibility index (Phi) is 2.46. The van der Waals surface area contributed by atoms with Crippen LogP contribution < -0.4 is 0 Å². The normalized spacial score (nSPS) is 19.8. The van der Waals surface area contributed by atoms with Gasteiger partial charge in [-0.3, -0.25) is 0 Å². The maximum atomic E-state index is 2.41. The van der Waals surface area contributed by atoms with Crippen LogP contribution in [0, 0.1) is 6.92 Å². The summed E-state index contributed by atoms with van der Waals surface area (Å²) in [5.41, 5.74) is 4.52. The third-order valence-electron chi connectivity index (χ3n) is 5.76. The standard InChI is InChI=1S/C18H23B/c1-12-10-11-13-8-7-9-14-15(13)16(12)18(4,5)19(6)17(14,2)3/h7-11H,1-6H3. The first kappa shape index (κ1) is 12.8. The molecule has 98 valence electrons. The number of hydrogen-bond donors (Lipinski definition) is 0. The second-order valence-electron chi connectivity index (χ2n) is 7.33. The van der Waals surface area contributed by atoms with Crippen molar-refractivity contribution in [2.75, 3.05) is 0 Å². The quantitative estimate of drug-likeness (QED) is 0.582. The van der Waals surface area contributed by atoms with E-state index in [9.17, 15) is 0 Å². The summed E-state index contributed by atoms with van der Waals surface area (Å²) < 4.78 is 0. The molecule has 0 aromatic heterocycles. The molecule has 0 radical (unpaired) electrons. The smallest absolute Gasteiger partial charge is 0.0846 e. The molecule has 0 fully saturated rings. The molecule has 0 spiro atoms. The van der Waals surface area contributed by atoms with Gasteiger partial charge in [-0.05, 0) is 45.0 Å². The van der Waals surface area contributed by atoms with Crippen molar-refractivity contribution in [1.29, 1.82) is 0 Å². The molecule has 2 aromatic rings. The van der Waals surface area contributed by atoms with E-state index in [-0.39, 0.29) is 10.6 Å². The predicted octanol–water partition coefficient (Wildman–Crippen LogP) is 4.92. The molecule has 0 bridgehead atoms. The highest BCUT2D eigenvalue weighted by molar-refractivity contribution is 6.65. The lowest BCUT2D eigenvalue weighted by Crippen LogP contribution is -2.52. The Balaban J connectivity index is 2.56. The summed E-state index contributed by atoms with van der Waals surface area (Å²) in [6.45, 7) is 14.9. The van der Waals surface area contributed by atoms with Gasteiger partial charge in [0.1, 0.15) is 0 Å². The van der Waals surface area contributed by atoms with Gasteiger partial charge in [0.2, 0.25) is 0 Å². The highest BCUT2D eigenvalue weighted by Crippen LogP contribution is 2.49. The summed E-state index contributed by atoms with van der Waals surface area (Å²) in [5, 5.41) is 3.35. The molecule has 1 heterocycles. The summed E-state index contributed by atoms with van der Waals surface area (Å²) in [7, 11) is 0. The van der Waals surface area contributed by atoms with E-state index in [1.54, 1.807) is 5.56 Å². The van der Waals surface area contributed by atoms with Crippen molar-refractivity contribution >= 4 is 17.5 Å². The van der Waals surface area contributed by atoms with Crippen LogP contribution in [0.5, 0.6) is 0 Å². The first-order valence-corrected chi connectivity index (χ1v) is 7.31. The fourth-order valence-electron chi connectivity index (χ4n) is 4.20. The van der Waals surface area contributed by atoms with Gasteiger partial charge in [-0.2, -0.15) is 0 Å². The van der Waals surface area contributed by atoms with Crippen LogP contribution in [0.25, 0.3) is 10.8 Å². The lowest BCUT2D eigenvalue weighted by Gasteiger charge is -2.47. The Morgan fingerprint density at radius 2 is 1.58 bits per heavy atom. The Morgan fingerprint density at radius 3 is 2.26 bits per heavy atom. The van der Waals surface area contributed by atoms with Crippen LogP contribution in [0.3, 0.4) is 0 Å². The molecule has 2 aromatic carbocycles. The van der Waals surface area contributed by atoms with Crippen molar-refractivity contribution in [2.45, 2.75) is 52.1 Å². The molecule has 0 amide bonds. The fraction of sp³-hybridized carbons (Fsp3) is 0.444. The highest BCUT2D eigenvalue weighted by atomic mass is 14.4. The first-order valence-electron chi connectivity index (χ1n) is 7.31. The summed E-state index contributed by atoms with van der Waals surface area (Å²) in [6.07, 6.45) is 0. The van der Waals surface area contributed by atoms with Gasteiger partial charge >= 0.3 is 0 Å². The SMILES string of the molecule is CB1C(C)(C)c2cccc3ccc(C)c(c23)C1(C)C. The van der Waals surface area contributed by atoms with Gasteiger partial charge in [-0.1, -0.05) is 64.8 Å². The van der Waals surface area contributed by atoms with Crippen molar-refractivity contribution in [3.8, 4) is 0 Å². The Hall–Kier alpha value is -1.24. The van der Waals surface area contributed by atoms with E-state index in [2.05, 4.69) is 71.8 Å². The molecular weight excluding hydrogens is 227 g/mol. The highest BCUT2D eigenvalue weighted by Gasteiger charge is 2.47.